The second-order valence-electron chi connectivity index (χ2n) is 5.97. The van der Waals surface area contributed by atoms with Crippen LogP contribution in [0.3, 0.4) is 0 Å². The van der Waals surface area contributed by atoms with Gasteiger partial charge in [0.25, 0.3) is 0 Å². The average molecular weight is 341 g/mol. The van der Waals surface area contributed by atoms with E-state index in [-0.39, 0.29) is 0 Å². The lowest BCUT2D eigenvalue weighted by Crippen LogP contribution is -2.03. The van der Waals surface area contributed by atoms with Gasteiger partial charge in [-0.05, 0) is 37.8 Å². The molecule has 0 saturated heterocycles. The molecule has 1 N–H and O–H groups in total. The molecule has 0 radical (unpaired) electrons. The Balaban J connectivity index is 1.47. The molecule has 3 aromatic rings. The summed E-state index contributed by atoms with van der Waals surface area (Å²) in [7, 11) is 2.00. The van der Waals surface area contributed by atoms with Crippen LogP contribution >= 0.6 is 11.3 Å². The summed E-state index contributed by atoms with van der Waals surface area (Å²) < 4.78 is 1.96. The SMILES string of the molecule is Cc1nn(C)c(C)c1CCCNc1nnc(Cc2ccccc2)s1. The van der Waals surface area contributed by atoms with Crippen molar-refractivity contribution in [3.8, 4) is 0 Å². The number of aryl methyl sites for hydroxylation is 2. The molecule has 24 heavy (non-hydrogen) atoms. The zero-order chi connectivity index (χ0) is 16.9. The van der Waals surface area contributed by atoms with E-state index in [9.17, 15) is 0 Å². The van der Waals surface area contributed by atoms with Gasteiger partial charge in [-0.15, -0.1) is 10.2 Å². The van der Waals surface area contributed by atoms with Crippen molar-refractivity contribution in [2.45, 2.75) is 33.1 Å². The second-order valence-corrected chi connectivity index (χ2v) is 7.03. The Morgan fingerprint density at radius 2 is 1.92 bits per heavy atom. The molecule has 6 heteroatoms. The van der Waals surface area contributed by atoms with Gasteiger partial charge in [0, 0.05) is 25.7 Å². The van der Waals surface area contributed by atoms with Crippen LogP contribution in [0.15, 0.2) is 30.3 Å². The van der Waals surface area contributed by atoms with Crippen molar-refractivity contribution in [1.82, 2.24) is 20.0 Å². The molecule has 0 aliphatic carbocycles. The van der Waals surface area contributed by atoms with Crippen LogP contribution in [0.1, 0.15) is 33.9 Å². The third-order valence-electron chi connectivity index (χ3n) is 4.20. The van der Waals surface area contributed by atoms with Crippen molar-refractivity contribution in [3.05, 3.63) is 57.9 Å². The molecule has 0 fully saturated rings. The first-order valence-electron chi connectivity index (χ1n) is 8.22. The number of hydrogen-bond donors (Lipinski definition) is 1. The standard InChI is InChI=1S/C18H23N5S/c1-13-16(14(2)23(3)22-13)10-7-11-19-18-21-20-17(24-18)12-15-8-5-4-6-9-15/h4-6,8-9H,7,10-12H2,1-3H3,(H,19,21). The summed E-state index contributed by atoms with van der Waals surface area (Å²) in [5, 5.41) is 18.3. The summed E-state index contributed by atoms with van der Waals surface area (Å²) in [6, 6.07) is 10.4. The molecule has 126 valence electrons. The molecular formula is C18H23N5S. The smallest absolute Gasteiger partial charge is 0.205 e. The minimum absolute atomic E-state index is 0.842. The van der Waals surface area contributed by atoms with E-state index in [0.717, 1.165) is 41.6 Å². The number of rotatable bonds is 7. The second kappa shape index (κ2) is 7.57. The normalized spacial score (nSPS) is 11.0. The maximum Gasteiger partial charge on any atom is 0.205 e. The van der Waals surface area contributed by atoms with E-state index in [1.165, 1.54) is 16.8 Å². The fourth-order valence-electron chi connectivity index (χ4n) is 2.81. The van der Waals surface area contributed by atoms with Gasteiger partial charge in [0.2, 0.25) is 5.13 Å². The summed E-state index contributed by atoms with van der Waals surface area (Å²) in [6.07, 6.45) is 2.93. The van der Waals surface area contributed by atoms with Crippen molar-refractivity contribution in [1.29, 1.82) is 0 Å². The molecule has 2 aromatic heterocycles. The zero-order valence-corrected chi connectivity index (χ0v) is 15.2. The quantitative estimate of drug-likeness (QED) is 0.668. The number of nitrogens with one attached hydrogen (secondary N) is 1. The molecule has 3 rings (SSSR count). The predicted octanol–water partition coefficient (Wildman–Crippen LogP) is 3.52. The van der Waals surface area contributed by atoms with E-state index in [0.29, 0.717) is 0 Å². The number of nitrogens with zero attached hydrogens (tertiary/aromatic N) is 4. The first kappa shape index (κ1) is 16.6. The lowest BCUT2D eigenvalue weighted by molar-refractivity contribution is 0.729. The van der Waals surface area contributed by atoms with E-state index >= 15 is 0 Å². The summed E-state index contributed by atoms with van der Waals surface area (Å²) in [5.74, 6) is 0. The summed E-state index contributed by atoms with van der Waals surface area (Å²) in [5.41, 5.74) is 5.02. The van der Waals surface area contributed by atoms with Crippen molar-refractivity contribution in [2.75, 3.05) is 11.9 Å². The average Bonchev–Trinajstić information content (AvgIpc) is 3.11. The van der Waals surface area contributed by atoms with E-state index in [2.05, 4.69) is 58.7 Å². The van der Waals surface area contributed by atoms with Gasteiger partial charge in [-0.25, -0.2) is 0 Å². The van der Waals surface area contributed by atoms with Gasteiger partial charge in [-0.2, -0.15) is 5.10 Å². The van der Waals surface area contributed by atoms with Crippen LogP contribution in [-0.2, 0) is 19.9 Å². The summed E-state index contributed by atoms with van der Waals surface area (Å²) in [4.78, 5) is 0. The Kier molecular flexibility index (Phi) is 5.25. The Hall–Kier alpha value is -2.21. The van der Waals surface area contributed by atoms with E-state index in [1.807, 2.05) is 17.8 Å². The van der Waals surface area contributed by atoms with E-state index in [1.54, 1.807) is 11.3 Å². The third kappa shape index (κ3) is 4.00. The highest BCUT2D eigenvalue weighted by Gasteiger charge is 2.09. The van der Waals surface area contributed by atoms with Crippen LogP contribution < -0.4 is 5.32 Å². The van der Waals surface area contributed by atoms with Gasteiger partial charge < -0.3 is 5.32 Å². The molecule has 0 amide bonds. The van der Waals surface area contributed by atoms with Crippen LogP contribution in [0.5, 0.6) is 0 Å². The highest BCUT2D eigenvalue weighted by atomic mass is 32.1. The minimum atomic E-state index is 0.842. The lowest BCUT2D eigenvalue weighted by Gasteiger charge is -2.03. The zero-order valence-electron chi connectivity index (χ0n) is 14.4. The molecule has 0 atom stereocenters. The molecular weight excluding hydrogens is 318 g/mol. The van der Waals surface area contributed by atoms with Crippen LogP contribution in [-0.4, -0.2) is 26.5 Å². The van der Waals surface area contributed by atoms with Crippen LogP contribution in [0, 0.1) is 13.8 Å². The van der Waals surface area contributed by atoms with Gasteiger partial charge in [0.1, 0.15) is 5.01 Å². The Bertz CT molecular complexity index is 791. The molecule has 0 spiro atoms. The Morgan fingerprint density at radius 3 is 2.62 bits per heavy atom. The van der Waals surface area contributed by atoms with Crippen molar-refractivity contribution >= 4 is 16.5 Å². The Labute approximate surface area is 146 Å². The highest BCUT2D eigenvalue weighted by molar-refractivity contribution is 7.15. The number of benzene rings is 1. The Morgan fingerprint density at radius 1 is 1.12 bits per heavy atom. The number of aromatic nitrogens is 4. The van der Waals surface area contributed by atoms with Gasteiger partial charge in [-0.3, -0.25) is 4.68 Å². The van der Waals surface area contributed by atoms with Gasteiger partial charge in [-0.1, -0.05) is 41.7 Å². The third-order valence-corrected chi connectivity index (χ3v) is 5.08. The van der Waals surface area contributed by atoms with Gasteiger partial charge >= 0.3 is 0 Å². The number of anilines is 1. The van der Waals surface area contributed by atoms with Crippen molar-refractivity contribution in [2.24, 2.45) is 7.05 Å². The topological polar surface area (TPSA) is 55.6 Å². The summed E-state index contributed by atoms with van der Waals surface area (Å²) >= 11 is 1.63. The van der Waals surface area contributed by atoms with Crippen LogP contribution in [0.2, 0.25) is 0 Å². The first-order valence-corrected chi connectivity index (χ1v) is 9.04. The van der Waals surface area contributed by atoms with Crippen molar-refractivity contribution in [3.63, 3.8) is 0 Å². The maximum absolute atomic E-state index is 4.47. The maximum atomic E-state index is 4.47. The lowest BCUT2D eigenvalue weighted by atomic mass is 10.1. The first-order chi connectivity index (χ1) is 11.6. The van der Waals surface area contributed by atoms with Crippen LogP contribution in [0.25, 0.3) is 0 Å². The molecule has 1 aromatic carbocycles. The molecule has 0 aliphatic heterocycles. The summed E-state index contributed by atoms with van der Waals surface area (Å²) in [6.45, 7) is 5.10. The molecule has 0 bridgehead atoms. The minimum Gasteiger partial charge on any atom is -0.360 e. The molecule has 2 heterocycles. The molecule has 0 unspecified atom stereocenters. The largest absolute Gasteiger partial charge is 0.360 e. The fraction of sp³-hybridized carbons (Fsp3) is 0.389. The van der Waals surface area contributed by atoms with Gasteiger partial charge in [0.05, 0.1) is 5.69 Å². The fourth-order valence-corrected chi connectivity index (χ4v) is 3.61. The van der Waals surface area contributed by atoms with Crippen LogP contribution in [0.4, 0.5) is 5.13 Å². The number of hydrogen-bond acceptors (Lipinski definition) is 5. The van der Waals surface area contributed by atoms with E-state index < -0.39 is 0 Å². The molecule has 0 saturated carbocycles. The molecule has 5 nitrogen and oxygen atoms in total. The highest BCUT2D eigenvalue weighted by Crippen LogP contribution is 2.19. The molecule has 0 aliphatic rings. The van der Waals surface area contributed by atoms with Gasteiger partial charge in [0.15, 0.2) is 0 Å². The van der Waals surface area contributed by atoms with Crippen molar-refractivity contribution < 1.29 is 0 Å². The predicted molar refractivity (Wildman–Crippen MR) is 98.6 cm³/mol. The van der Waals surface area contributed by atoms with E-state index in [4.69, 9.17) is 0 Å². The monoisotopic (exact) mass is 341 g/mol.